The van der Waals surface area contributed by atoms with Gasteiger partial charge in [-0.1, -0.05) is 19.1 Å². The maximum absolute atomic E-state index is 13.5. The number of fused-ring (bicyclic) bond motifs is 1. The summed E-state index contributed by atoms with van der Waals surface area (Å²) in [5, 5.41) is 3.48. The van der Waals surface area contributed by atoms with Crippen LogP contribution in [0.3, 0.4) is 0 Å². The van der Waals surface area contributed by atoms with E-state index in [1.807, 2.05) is 4.57 Å². The third kappa shape index (κ3) is 4.91. The van der Waals surface area contributed by atoms with Gasteiger partial charge in [0.25, 0.3) is 0 Å². The van der Waals surface area contributed by atoms with Crippen molar-refractivity contribution in [3.05, 3.63) is 71.6 Å². The molecular formula is C28H34FN7. The van der Waals surface area contributed by atoms with Crippen LogP contribution in [0.4, 0.5) is 15.9 Å². The van der Waals surface area contributed by atoms with Gasteiger partial charge in [-0.15, -0.1) is 0 Å². The van der Waals surface area contributed by atoms with Crippen LogP contribution in [0, 0.1) is 19.7 Å². The van der Waals surface area contributed by atoms with Crippen molar-refractivity contribution in [2.24, 2.45) is 0 Å². The second kappa shape index (κ2) is 10.6. The van der Waals surface area contributed by atoms with Gasteiger partial charge in [-0.2, -0.15) is 0 Å². The first-order chi connectivity index (χ1) is 17.5. The third-order valence-corrected chi connectivity index (χ3v) is 7.15. The minimum Gasteiger partial charge on any atom is -0.369 e. The summed E-state index contributed by atoms with van der Waals surface area (Å²) in [5.41, 5.74) is 6.45. The van der Waals surface area contributed by atoms with Gasteiger partial charge in [-0.3, -0.25) is 9.47 Å². The number of hydrogen-bond acceptors (Lipinski definition) is 6. The Bertz CT molecular complexity index is 1320. The van der Waals surface area contributed by atoms with E-state index in [9.17, 15) is 4.39 Å². The molecule has 7 nitrogen and oxygen atoms in total. The summed E-state index contributed by atoms with van der Waals surface area (Å²) in [4.78, 5) is 18.8. The van der Waals surface area contributed by atoms with E-state index in [-0.39, 0.29) is 5.82 Å². The van der Waals surface area contributed by atoms with Crippen molar-refractivity contribution in [3.63, 3.8) is 0 Å². The van der Waals surface area contributed by atoms with Crippen molar-refractivity contribution in [1.29, 1.82) is 0 Å². The molecule has 0 aliphatic carbocycles. The Hall–Kier alpha value is -3.52. The number of benzene rings is 2. The number of imidazole rings is 1. The van der Waals surface area contributed by atoms with Gasteiger partial charge in [0.2, 0.25) is 0 Å². The number of aromatic nitrogens is 4. The molecular weight excluding hydrogens is 453 g/mol. The van der Waals surface area contributed by atoms with E-state index in [1.165, 1.54) is 28.9 Å². The number of nitrogens with zero attached hydrogens (tertiary/aromatic N) is 6. The van der Waals surface area contributed by atoms with Gasteiger partial charge in [-0.25, -0.2) is 19.3 Å². The molecule has 0 unspecified atom stereocenters. The quantitative estimate of drug-likeness (QED) is 0.362. The molecule has 188 valence electrons. The van der Waals surface area contributed by atoms with Crippen LogP contribution in [0.1, 0.15) is 30.3 Å². The molecule has 0 bridgehead atoms. The van der Waals surface area contributed by atoms with Crippen LogP contribution in [0.25, 0.3) is 16.9 Å². The summed E-state index contributed by atoms with van der Waals surface area (Å²) in [7, 11) is 0. The number of piperazine rings is 1. The molecule has 1 N–H and O–H groups in total. The summed E-state index contributed by atoms with van der Waals surface area (Å²) in [6.45, 7) is 12.6. The average molecular weight is 488 g/mol. The Morgan fingerprint density at radius 1 is 0.972 bits per heavy atom. The molecule has 5 rings (SSSR count). The van der Waals surface area contributed by atoms with Gasteiger partial charge in [0.1, 0.15) is 18.0 Å². The molecule has 0 atom stereocenters. The molecule has 36 heavy (non-hydrogen) atoms. The van der Waals surface area contributed by atoms with Crippen molar-refractivity contribution in [1.82, 2.24) is 24.4 Å². The zero-order valence-electron chi connectivity index (χ0n) is 21.3. The van der Waals surface area contributed by atoms with Crippen LogP contribution in [-0.4, -0.2) is 63.7 Å². The normalized spacial score (nSPS) is 14.5. The Labute approximate surface area is 212 Å². The minimum absolute atomic E-state index is 0.259. The monoisotopic (exact) mass is 487 g/mol. The predicted molar refractivity (Wildman–Crippen MR) is 144 cm³/mol. The first-order valence-corrected chi connectivity index (χ1v) is 12.8. The lowest BCUT2D eigenvalue weighted by Crippen LogP contribution is -2.47. The summed E-state index contributed by atoms with van der Waals surface area (Å²) in [5.74, 6) is 1.36. The van der Waals surface area contributed by atoms with Gasteiger partial charge < -0.3 is 10.2 Å². The highest BCUT2D eigenvalue weighted by Gasteiger charge is 2.19. The molecule has 0 saturated carbocycles. The van der Waals surface area contributed by atoms with Crippen LogP contribution >= 0.6 is 0 Å². The lowest BCUT2D eigenvalue weighted by molar-refractivity contribution is 0.257. The number of nitrogens with one attached hydrogen (secondary N) is 1. The van der Waals surface area contributed by atoms with E-state index in [2.05, 4.69) is 64.1 Å². The number of hydrogen-bond donors (Lipinski definition) is 1. The Morgan fingerprint density at radius 3 is 2.50 bits per heavy atom. The SMILES string of the molecule is CCc1nc2c(NCCCN3CCN(c4cccc(C)c4C)CC3)ncnc2n1-c1ccc(F)cc1. The van der Waals surface area contributed by atoms with E-state index in [0.29, 0.717) is 0 Å². The zero-order valence-corrected chi connectivity index (χ0v) is 21.3. The summed E-state index contributed by atoms with van der Waals surface area (Å²) in [6.07, 6.45) is 3.33. The smallest absolute Gasteiger partial charge is 0.170 e. The Balaban J connectivity index is 1.19. The number of rotatable bonds is 8. The molecule has 0 spiro atoms. The molecule has 3 heterocycles. The Morgan fingerprint density at radius 2 is 1.75 bits per heavy atom. The van der Waals surface area contributed by atoms with Crippen molar-refractivity contribution < 1.29 is 4.39 Å². The molecule has 2 aromatic carbocycles. The van der Waals surface area contributed by atoms with Gasteiger partial charge >= 0.3 is 0 Å². The number of halogens is 1. The van der Waals surface area contributed by atoms with Crippen molar-refractivity contribution >= 4 is 22.7 Å². The standard InChI is InChI=1S/C28H34FN7/c1-4-25-33-26-27(31-19-32-28(26)36(25)23-11-9-22(29)10-12-23)30-13-6-14-34-15-17-35(18-16-34)24-8-5-7-20(2)21(24)3/h5,7-12,19H,4,6,13-18H2,1-3H3,(H,30,31,32). The first-order valence-electron chi connectivity index (χ1n) is 12.8. The van der Waals surface area contributed by atoms with E-state index in [4.69, 9.17) is 4.98 Å². The second-order valence-electron chi connectivity index (χ2n) is 9.42. The van der Waals surface area contributed by atoms with Crippen LogP contribution in [0.5, 0.6) is 0 Å². The number of aryl methyl sites for hydroxylation is 2. The summed E-state index contributed by atoms with van der Waals surface area (Å²) < 4.78 is 15.4. The highest BCUT2D eigenvalue weighted by Crippen LogP contribution is 2.25. The number of anilines is 2. The van der Waals surface area contributed by atoms with Gasteiger partial charge in [0.15, 0.2) is 17.0 Å². The van der Waals surface area contributed by atoms with Gasteiger partial charge in [0.05, 0.1) is 0 Å². The van der Waals surface area contributed by atoms with Crippen molar-refractivity contribution in [2.75, 3.05) is 49.5 Å². The summed E-state index contributed by atoms with van der Waals surface area (Å²) in [6, 6.07) is 13.0. The van der Waals surface area contributed by atoms with Crippen LogP contribution in [-0.2, 0) is 6.42 Å². The fraction of sp³-hybridized carbons (Fsp3) is 0.393. The second-order valence-corrected chi connectivity index (χ2v) is 9.42. The highest BCUT2D eigenvalue weighted by molar-refractivity contribution is 5.84. The van der Waals surface area contributed by atoms with Crippen LogP contribution in [0.2, 0.25) is 0 Å². The largest absolute Gasteiger partial charge is 0.369 e. The molecule has 0 radical (unpaired) electrons. The lowest BCUT2D eigenvalue weighted by atomic mass is 10.1. The van der Waals surface area contributed by atoms with Crippen molar-refractivity contribution in [3.8, 4) is 5.69 Å². The molecule has 1 aliphatic heterocycles. The first kappa shape index (κ1) is 24.2. The van der Waals surface area contributed by atoms with Crippen LogP contribution < -0.4 is 10.2 Å². The van der Waals surface area contributed by atoms with E-state index < -0.39 is 0 Å². The Kier molecular flexibility index (Phi) is 7.13. The molecule has 4 aromatic rings. The summed E-state index contributed by atoms with van der Waals surface area (Å²) >= 11 is 0. The molecule has 2 aromatic heterocycles. The molecule has 1 aliphatic rings. The molecule has 0 amide bonds. The lowest BCUT2D eigenvalue weighted by Gasteiger charge is -2.37. The maximum Gasteiger partial charge on any atom is 0.170 e. The van der Waals surface area contributed by atoms with E-state index in [0.717, 1.165) is 80.6 Å². The highest BCUT2D eigenvalue weighted by atomic mass is 19.1. The molecule has 8 heteroatoms. The third-order valence-electron chi connectivity index (χ3n) is 7.15. The molecule has 1 saturated heterocycles. The fourth-order valence-corrected chi connectivity index (χ4v) is 4.97. The predicted octanol–water partition coefficient (Wildman–Crippen LogP) is 4.76. The van der Waals surface area contributed by atoms with Gasteiger partial charge in [-0.05, 0) is 68.3 Å². The zero-order chi connectivity index (χ0) is 25.1. The fourth-order valence-electron chi connectivity index (χ4n) is 4.97. The minimum atomic E-state index is -0.259. The van der Waals surface area contributed by atoms with Gasteiger partial charge in [0, 0.05) is 50.5 Å². The average Bonchev–Trinajstić information content (AvgIpc) is 3.29. The van der Waals surface area contributed by atoms with Crippen LogP contribution in [0.15, 0.2) is 48.8 Å². The van der Waals surface area contributed by atoms with Crippen molar-refractivity contribution in [2.45, 2.75) is 33.6 Å². The van der Waals surface area contributed by atoms with E-state index in [1.54, 1.807) is 18.5 Å². The maximum atomic E-state index is 13.5. The molecule has 1 fully saturated rings. The van der Waals surface area contributed by atoms with E-state index >= 15 is 0 Å². The topological polar surface area (TPSA) is 62.1 Å².